The number of nitrogens with zero attached hydrogens (tertiary/aromatic N) is 1. The smallest absolute Gasteiger partial charge is 0.280 e. The van der Waals surface area contributed by atoms with Crippen molar-refractivity contribution in [3.63, 3.8) is 0 Å². The molecule has 0 saturated carbocycles. The fraction of sp³-hybridized carbons (Fsp3) is 0.400. The third-order valence-corrected chi connectivity index (χ3v) is 1.17. The van der Waals surface area contributed by atoms with Gasteiger partial charge in [-0.3, -0.25) is 4.79 Å². The highest BCUT2D eigenvalue weighted by Crippen LogP contribution is 2.16. The molecular formula is C5H4F3N2O+. The number of hydrazone groups is 1. The summed E-state index contributed by atoms with van der Waals surface area (Å²) in [5.74, 6) is -1.09. The monoisotopic (exact) mass is 165 g/mol. The first-order valence-electron chi connectivity index (χ1n) is 2.72. The van der Waals surface area contributed by atoms with Gasteiger partial charge in [-0.1, -0.05) is 5.10 Å². The molecule has 1 aliphatic heterocycles. The van der Waals surface area contributed by atoms with E-state index in [1.165, 1.54) is 6.92 Å². The molecule has 0 fully saturated rings. The predicted molar refractivity (Wildman–Crippen MR) is 30.1 cm³/mol. The normalized spacial score (nSPS) is 18.4. The molecule has 0 aromatic heterocycles. The Morgan fingerprint density at radius 1 is 1.45 bits per heavy atom. The summed E-state index contributed by atoms with van der Waals surface area (Å²) in [6.07, 6.45) is -4.63. The van der Waals surface area contributed by atoms with Gasteiger partial charge < -0.3 is 0 Å². The first-order valence-corrected chi connectivity index (χ1v) is 2.72. The Kier molecular flexibility index (Phi) is 1.54. The number of hydrogen-bond donors (Lipinski definition) is 1. The fourth-order valence-corrected chi connectivity index (χ4v) is 0.614. The summed E-state index contributed by atoms with van der Waals surface area (Å²) in [5.41, 5.74) is -1.48. The number of nitrogens with one attached hydrogen (secondary N) is 1. The zero-order valence-electron chi connectivity index (χ0n) is 5.49. The van der Waals surface area contributed by atoms with Crippen LogP contribution < -0.4 is 5.10 Å². The average molecular weight is 165 g/mol. The van der Waals surface area contributed by atoms with E-state index in [9.17, 15) is 18.0 Å². The molecule has 60 valence electrons. The van der Waals surface area contributed by atoms with E-state index >= 15 is 0 Å². The number of carbonyl (C=O) groups is 1. The van der Waals surface area contributed by atoms with Crippen LogP contribution in [0.25, 0.3) is 0 Å². The van der Waals surface area contributed by atoms with Crippen molar-refractivity contribution in [3.8, 4) is 0 Å². The van der Waals surface area contributed by atoms with Crippen LogP contribution in [0.5, 0.6) is 0 Å². The second-order valence-corrected chi connectivity index (χ2v) is 2.01. The molecule has 0 aliphatic carbocycles. The highest BCUT2D eigenvalue weighted by Gasteiger charge is 2.50. The summed E-state index contributed by atoms with van der Waals surface area (Å²) in [6, 6.07) is 0. The van der Waals surface area contributed by atoms with Gasteiger partial charge in [-0.05, 0) is 12.0 Å². The van der Waals surface area contributed by atoms with Gasteiger partial charge in [0, 0.05) is 0 Å². The van der Waals surface area contributed by atoms with Gasteiger partial charge >= 0.3 is 11.9 Å². The van der Waals surface area contributed by atoms with Crippen LogP contribution in [0.15, 0.2) is 5.10 Å². The maximum atomic E-state index is 11.8. The Labute approximate surface area is 59.6 Å². The first-order chi connectivity index (χ1) is 4.93. The van der Waals surface area contributed by atoms with Gasteiger partial charge in [-0.2, -0.15) is 13.2 Å². The van der Waals surface area contributed by atoms with Crippen LogP contribution in [0.2, 0.25) is 0 Å². The van der Waals surface area contributed by atoms with Gasteiger partial charge in [-0.15, -0.1) is 0 Å². The quantitative estimate of drug-likeness (QED) is 0.493. The zero-order chi connectivity index (χ0) is 8.65. The molecule has 1 heterocycles. The Bertz CT molecular complexity index is 263. The molecule has 6 heteroatoms. The van der Waals surface area contributed by atoms with Gasteiger partial charge in [0.15, 0.2) is 5.71 Å². The summed E-state index contributed by atoms with van der Waals surface area (Å²) in [7, 11) is 0. The van der Waals surface area contributed by atoms with Crippen molar-refractivity contribution >= 4 is 17.2 Å². The van der Waals surface area contributed by atoms with Crippen LogP contribution in [0.3, 0.4) is 0 Å². The molecule has 0 aromatic rings. The standard InChI is InChI=1S/C5H3F3N2O/c1-2-3(11)4(10-9-2)5(6,7)8/h1H3/p+1. The SMILES string of the molecule is CC1=N[NH+]=C(C(F)(F)F)C1=O. The van der Waals surface area contributed by atoms with Crippen molar-refractivity contribution in [3.05, 3.63) is 0 Å². The molecule has 0 unspecified atom stereocenters. The molecule has 1 rings (SSSR count). The molecule has 11 heavy (non-hydrogen) atoms. The molecule has 1 N–H and O–H groups in total. The van der Waals surface area contributed by atoms with Crippen LogP contribution in [0.4, 0.5) is 13.2 Å². The summed E-state index contributed by atoms with van der Waals surface area (Å²) in [6.45, 7) is 1.22. The van der Waals surface area contributed by atoms with Crippen LogP contribution in [0.1, 0.15) is 6.92 Å². The summed E-state index contributed by atoms with van der Waals surface area (Å²) < 4.78 is 35.4. The highest BCUT2D eigenvalue weighted by molar-refractivity contribution is 6.66. The lowest BCUT2D eigenvalue weighted by atomic mass is 10.2. The molecule has 0 bridgehead atoms. The molecule has 0 aromatic carbocycles. The molecular weight excluding hydrogens is 161 g/mol. The predicted octanol–water partition coefficient (Wildman–Crippen LogP) is -0.971. The fourth-order valence-electron chi connectivity index (χ4n) is 0.614. The van der Waals surface area contributed by atoms with Crippen molar-refractivity contribution < 1.29 is 23.1 Å². The third kappa shape index (κ3) is 1.28. The third-order valence-electron chi connectivity index (χ3n) is 1.17. The zero-order valence-corrected chi connectivity index (χ0v) is 5.49. The van der Waals surface area contributed by atoms with Crippen LogP contribution in [-0.2, 0) is 4.79 Å². The highest BCUT2D eigenvalue weighted by atomic mass is 19.4. The molecule has 0 atom stereocenters. The molecule has 0 radical (unpaired) electrons. The summed E-state index contributed by atoms with van der Waals surface area (Å²) in [5, 5.41) is 4.75. The van der Waals surface area contributed by atoms with Crippen molar-refractivity contribution in [2.24, 2.45) is 5.10 Å². The van der Waals surface area contributed by atoms with Gasteiger partial charge in [0.05, 0.1) is 0 Å². The number of hydrogen-bond acceptors (Lipinski definition) is 2. The van der Waals surface area contributed by atoms with E-state index < -0.39 is 17.7 Å². The van der Waals surface area contributed by atoms with E-state index in [2.05, 4.69) is 5.10 Å². The molecule has 0 spiro atoms. The number of carbonyl (C=O) groups excluding carboxylic acids is 1. The summed E-state index contributed by atoms with van der Waals surface area (Å²) >= 11 is 0. The van der Waals surface area contributed by atoms with Crippen LogP contribution >= 0.6 is 0 Å². The number of ketones is 1. The van der Waals surface area contributed by atoms with E-state index in [0.717, 1.165) is 0 Å². The Balaban J connectivity index is 2.92. The Morgan fingerprint density at radius 2 is 2.00 bits per heavy atom. The Hall–Kier alpha value is -1.20. The second-order valence-electron chi connectivity index (χ2n) is 2.01. The minimum atomic E-state index is -4.63. The maximum absolute atomic E-state index is 11.8. The van der Waals surface area contributed by atoms with E-state index in [4.69, 9.17) is 0 Å². The van der Waals surface area contributed by atoms with Crippen LogP contribution in [0, 0.1) is 0 Å². The van der Waals surface area contributed by atoms with Gasteiger partial charge in [0.1, 0.15) is 0 Å². The van der Waals surface area contributed by atoms with E-state index in [1.807, 2.05) is 0 Å². The van der Waals surface area contributed by atoms with Crippen molar-refractivity contribution in [2.75, 3.05) is 0 Å². The minimum absolute atomic E-state index is 0.169. The summed E-state index contributed by atoms with van der Waals surface area (Å²) in [4.78, 5) is 10.6. The number of rotatable bonds is 0. The van der Waals surface area contributed by atoms with E-state index in [0.29, 0.717) is 0 Å². The van der Waals surface area contributed by atoms with Crippen molar-refractivity contribution in [2.45, 2.75) is 13.1 Å². The average Bonchev–Trinajstić information content (AvgIpc) is 2.11. The van der Waals surface area contributed by atoms with Crippen LogP contribution in [-0.4, -0.2) is 23.4 Å². The lowest BCUT2D eigenvalue weighted by molar-refractivity contribution is -0.466. The van der Waals surface area contributed by atoms with E-state index in [-0.39, 0.29) is 5.71 Å². The number of alkyl halides is 3. The Morgan fingerprint density at radius 3 is 2.18 bits per heavy atom. The van der Waals surface area contributed by atoms with Gasteiger partial charge in [-0.25, -0.2) is 0 Å². The first kappa shape index (κ1) is 7.90. The largest absolute Gasteiger partial charge is 0.484 e. The van der Waals surface area contributed by atoms with Gasteiger partial charge in [0.25, 0.3) is 5.78 Å². The maximum Gasteiger partial charge on any atom is 0.484 e. The number of halogens is 3. The molecule has 0 saturated heterocycles. The molecule has 3 nitrogen and oxygen atoms in total. The van der Waals surface area contributed by atoms with E-state index in [1.54, 1.807) is 5.10 Å². The lowest BCUT2D eigenvalue weighted by Crippen LogP contribution is -2.68. The van der Waals surface area contributed by atoms with Crippen molar-refractivity contribution in [1.82, 2.24) is 0 Å². The topological polar surface area (TPSA) is 43.4 Å². The lowest BCUT2D eigenvalue weighted by Gasteiger charge is -1.96. The number of Topliss-reactive ketones (excluding diaryl/α,β-unsaturated/α-hetero) is 1. The molecule has 1 aliphatic rings. The van der Waals surface area contributed by atoms with Gasteiger partial charge in [0.2, 0.25) is 0 Å². The minimum Gasteiger partial charge on any atom is -0.280 e. The second kappa shape index (κ2) is 2.14. The molecule has 0 amide bonds. The van der Waals surface area contributed by atoms with Crippen molar-refractivity contribution in [1.29, 1.82) is 0 Å².